The molecule has 11 nitrogen and oxygen atoms in total. The van der Waals surface area contributed by atoms with E-state index in [0.717, 1.165) is 89.0 Å². The minimum atomic E-state index is -0.624. The molecule has 0 N–H and O–H groups in total. The number of nitriles is 1. The van der Waals surface area contributed by atoms with E-state index in [1.165, 1.54) is 10.2 Å². The zero-order valence-electron chi connectivity index (χ0n) is 31.5. The largest absolute Gasteiger partial charge is 0.444 e. The number of fused-ring (bicyclic) bond motifs is 4. The lowest BCUT2D eigenvalue weighted by Gasteiger charge is -2.38. The molecule has 3 aromatic heterocycles. The van der Waals surface area contributed by atoms with Crippen LogP contribution >= 0.6 is 11.3 Å². The van der Waals surface area contributed by atoms with Crippen LogP contribution in [0.5, 0.6) is 0 Å². The van der Waals surface area contributed by atoms with Crippen molar-refractivity contribution < 1.29 is 19.0 Å². The second-order valence-corrected chi connectivity index (χ2v) is 18.4. The quantitative estimate of drug-likeness (QED) is 0.182. The monoisotopic (exact) mass is 748 g/mol. The number of pyridine rings is 1. The topological polar surface area (TPSA) is 123 Å². The normalized spacial score (nSPS) is 25.6. The van der Waals surface area contributed by atoms with Gasteiger partial charge in [-0.15, -0.1) is 11.3 Å². The number of anilines is 1. The summed E-state index contributed by atoms with van der Waals surface area (Å²) in [7, 11) is 0. The van der Waals surface area contributed by atoms with Crippen molar-refractivity contribution in [1.82, 2.24) is 19.7 Å². The molecular formula is C42H48N6O5S. The van der Waals surface area contributed by atoms with Gasteiger partial charge in [0.15, 0.2) is 6.29 Å². The SMILES string of the molecule is CC(C)(C)OC(=O)N1C[C@@H](N2C[C@H]3C[C@@H]3c3cc(C#N)cc(-c4ccnc5cc(Cn6ncc(C7(C)CC7)cc6=O)sc45)c32)C[C@H]1CO[C@H]1CCCCO1. The Bertz CT molecular complexity index is 2210. The third-order valence-corrected chi connectivity index (χ3v) is 13.2. The van der Waals surface area contributed by atoms with Crippen LogP contribution in [0.4, 0.5) is 10.5 Å². The summed E-state index contributed by atoms with van der Waals surface area (Å²) in [6.45, 7) is 10.7. The second-order valence-electron chi connectivity index (χ2n) is 17.2. The molecular weight excluding hydrogens is 701 g/mol. The van der Waals surface area contributed by atoms with Gasteiger partial charge in [0, 0.05) is 59.7 Å². The van der Waals surface area contributed by atoms with Crippen molar-refractivity contribution in [2.75, 3.05) is 31.2 Å². The number of thiophene rings is 1. The molecule has 6 heterocycles. The smallest absolute Gasteiger partial charge is 0.410 e. The standard InChI is InChI=1S/C42H48N6O5S/c1-41(2,3)53-40(50)47-22-28(17-29(47)24-52-37-7-5-6-12-51-37)46-21-26-15-32(26)34-14-25(19-43)13-33(38(34)46)31-8-11-44-35-18-30(54-39(31)35)23-48-36(49)16-27(20-45-48)42(4)9-10-42/h8,11,13-14,16,18,20,26,28-29,32,37H,5-7,9-10,12,15,17,21-24H2,1-4H3/t26-,28+,29+,32+,37+/m1/s1. The second kappa shape index (κ2) is 13.5. The number of hydrogen-bond acceptors (Lipinski definition) is 10. The fourth-order valence-electron chi connectivity index (χ4n) is 8.70. The Morgan fingerprint density at radius 2 is 1.98 bits per heavy atom. The number of benzene rings is 1. The van der Waals surface area contributed by atoms with Crippen LogP contribution in [-0.2, 0) is 26.2 Å². The fraction of sp³-hybridized carbons (Fsp3) is 0.548. The van der Waals surface area contributed by atoms with E-state index in [9.17, 15) is 14.9 Å². The molecule has 0 spiro atoms. The summed E-state index contributed by atoms with van der Waals surface area (Å²) in [5.74, 6) is 0.912. The molecule has 2 saturated heterocycles. The van der Waals surface area contributed by atoms with Gasteiger partial charge in [0.05, 0.1) is 47.2 Å². The van der Waals surface area contributed by atoms with Crippen LogP contribution in [0.3, 0.4) is 0 Å². The maximum Gasteiger partial charge on any atom is 0.410 e. The predicted octanol–water partition coefficient (Wildman–Crippen LogP) is 7.34. The molecule has 0 radical (unpaired) electrons. The highest BCUT2D eigenvalue weighted by Gasteiger charge is 2.50. The van der Waals surface area contributed by atoms with Gasteiger partial charge in [0.25, 0.3) is 5.56 Å². The van der Waals surface area contributed by atoms with E-state index in [2.05, 4.69) is 41.2 Å². The number of carbonyl (C=O) groups is 1. The minimum absolute atomic E-state index is 0.0282. The number of hydrogen-bond donors (Lipinski definition) is 0. The number of rotatable bonds is 8. The van der Waals surface area contributed by atoms with Crippen molar-refractivity contribution in [3.63, 3.8) is 0 Å². The number of nitrogens with zero attached hydrogens (tertiary/aromatic N) is 6. The summed E-state index contributed by atoms with van der Waals surface area (Å²) in [6, 6.07) is 12.3. The maximum absolute atomic E-state index is 13.7. The number of carbonyl (C=O) groups excluding carboxylic acids is 1. The van der Waals surface area contributed by atoms with Gasteiger partial charge in [-0.2, -0.15) is 10.4 Å². The van der Waals surface area contributed by atoms with Crippen LogP contribution in [0.2, 0.25) is 0 Å². The van der Waals surface area contributed by atoms with E-state index in [1.54, 1.807) is 17.4 Å². The molecule has 1 amide bonds. The summed E-state index contributed by atoms with van der Waals surface area (Å²) in [5, 5.41) is 14.8. The van der Waals surface area contributed by atoms with Crippen LogP contribution in [-0.4, -0.2) is 76.0 Å². The molecule has 282 valence electrons. The van der Waals surface area contributed by atoms with Gasteiger partial charge in [-0.3, -0.25) is 9.78 Å². The van der Waals surface area contributed by atoms with Crippen molar-refractivity contribution >= 4 is 33.3 Å². The molecule has 4 fully saturated rings. The third kappa shape index (κ3) is 6.80. The lowest BCUT2D eigenvalue weighted by molar-refractivity contribution is -0.168. The molecule has 5 aliphatic rings. The Morgan fingerprint density at radius 3 is 2.72 bits per heavy atom. The van der Waals surface area contributed by atoms with Crippen molar-refractivity contribution in [3.05, 3.63) is 74.6 Å². The van der Waals surface area contributed by atoms with Crippen molar-refractivity contribution in [2.24, 2.45) is 5.92 Å². The third-order valence-electron chi connectivity index (χ3n) is 12.0. The molecule has 5 atom stereocenters. The molecule has 9 rings (SSSR count). The molecule has 2 saturated carbocycles. The molecule has 0 bridgehead atoms. The summed E-state index contributed by atoms with van der Waals surface area (Å²) < 4.78 is 20.7. The van der Waals surface area contributed by atoms with Crippen LogP contribution in [0.1, 0.15) is 100 Å². The first kappa shape index (κ1) is 35.4. The summed E-state index contributed by atoms with van der Waals surface area (Å²) >= 11 is 1.62. The van der Waals surface area contributed by atoms with E-state index >= 15 is 0 Å². The summed E-state index contributed by atoms with van der Waals surface area (Å²) in [6.07, 6.45) is 10.1. The molecule has 3 aliphatic heterocycles. The molecule has 4 aromatic rings. The molecule has 12 heteroatoms. The lowest BCUT2D eigenvalue weighted by Crippen LogP contribution is -2.44. The Morgan fingerprint density at radius 1 is 1.13 bits per heavy atom. The Labute approximate surface area is 319 Å². The Hall–Kier alpha value is -4.31. The Balaban J connectivity index is 1.06. The Kier molecular flexibility index (Phi) is 8.83. The van der Waals surface area contributed by atoms with Gasteiger partial charge < -0.3 is 24.0 Å². The highest BCUT2D eigenvalue weighted by molar-refractivity contribution is 7.19. The maximum atomic E-state index is 13.7. The van der Waals surface area contributed by atoms with E-state index in [4.69, 9.17) is 19.2 Å². The first-order valence-electron chi connectivity index (χ1n) is 19.5. The number of ether oxygens (including phenoxy) is 3. The summed E-state index contributed by atoms with van der Waals surface area (Å²) in [4.78, 5) is 37.0. The molecule has 1 aromatic carbocycles. The highest BCUT2D eigenvalue weighted by atomic mass is 32.1. The number of aromatic nitrogens is 3. The highest BCUT2D eigenvalue weighted by Crippen LogP contribution is 2.58. The van der Waals surface area contributed by atoms with Gasteiger partial charge in [0.2, 0.25) is 0 Å². The predicted molar refractivity (Wildman–Crippen MR) is 207 cm³/mol. The van der Waals surface area contributed by atoms with Crippen molar-refractivity contribution in [2.45, 2.75) is 114 Å². The first-order chi connectivity index (χ1) is 26.0. The van der Waals surface area contributed by atoms with Crippen molar-refractivity contribution in [1.29, 1.82) is 5.26 Å². The zero-order chi connectivity index (χ0) is 37.4. The van der Waals surface area contributed by atoms with Gasteiger partial charge in [-0.25, -0.2) is 9.48 Å². The van der Waals surface area contributed by atoms with Crippen LogP contribution in [0.15, 0.2) is 47.5 Å². The van der Waals surface area contributed by atoms with Gasteiger partial charge in [-0.05, 0) is 118 Å². The number of amides is 1. The van der Waals surface area contributed by atoms with Crippen LogP contribution in [0, 0.1) is 17.2 Å². The minimum Gasteiger partial charge on any atom is -0.444 e. The molecule has 54 heavy (non-hydrogen) atoms. The van der Waals surface area contributed by atoms with Gasteiger partial charge in [0.1, 0.15) is 5.60 Å². The van der Waals surface area contributed by atoms with Gasteiger partial charge in [-0.1, -0.05) is 6.92 Å². The zero-order valence-corrected chi connectivity index (χ0v) is 32.4. The van der Waals surface area contributed by atoms with Crippen LogP contribution in [0.25, 0.3) is 21.3 Å². The molecule has 2 aliphatic carbocycles. The average Bonchev–Trinajstić information content (AvgIpc) is 4.01. The van der Waals surface area contributed by atoms with E-state index in [0.29, 0.717) is 43.7 Å². The lowest BCUT2D eigenvalue weighted by atomic mass is 9.90. The summed E-state index contributed by atoms with van der Waals surface area (Å²) in [5.41, 5.74) is 6.24. The van der Waals surface area contributed by atoms with Crippen molar-refractivity contribution in [3.8, 4) is 17.2 Å². The molecule has 0 unspecified atom stereocenters. The fourth-order valence-corrected chi connectivity index (χ4v) is 9.82. The van der Waals surface area contributed by atoms with Crippen LogP contribution < -0.4 is 10.5 Å². The average molecular weight is 749 g/mol. The first-order valence-corrected chi connectivity index (χ1v) is 20.3. The van der Waals surface area contributed by atoms with E-state index in [1.807, 2.05) is 44.1 Å². The van der Waals surface area contributed by atoms with E-state index < -0.39 is 5.60 Å². The van der Waals surface area contributed by atoms with Gasteiger partial charge >= 0.3 is 6.09 Å². The number of likely N-dealkylation sites (tertiary alicyclic amines) is 1. The van der Waals surface area contributed by atoms with E-state index in [-0.39, 0.29) is 35.4 Å².